The highest BCUT2D eigenvalue weighted by atomic mass is 32.1. The monoisotopic (exact) mass is 368 g/mol. The van der Waals surface area contributed by atoms with Gasteiger partial charge in [-0.05, 0) is 30.0 Å². The number of thiophene rings is 1. The zero-order valence-corrected chi connectivity index (χ0v) is 14.6. The molecule has 0 aliphatic heterocycles. The van der Waals surface area contributed by atoms with Crippen molar-refractivity contribution in [2.75, 3.05) is 0 Å². The number of nitrogens with one attached hydrogen (secondary N) is 1. The number of pyridine rings is 1. The van der Waals surface area contributed by atoms with E-state index in [0.717, 1.165) is 10.5 Å². The van der Waals surface area contributed by atoms with Crippen molar-refractivity contribution in [2.24, 2.45) is 0 Å². The Balaban J connectivity index is 1.24. The highest BCUT2D eigenvalue weighted by molar-refractivity contribution is 7.13. The third-order valence-electron chi connectivity index (χ3n) is 3.83. The lowest BCUT2D eigenvalue weighted by Crippen LogP contribution is -2.23. The standard InChI is InChI=1S/C17H16N6O2S/c24-15(18-11-14-21-20-13-6-1-2-9-23(13)14)7-3-8-16-19-17(22-25-16)12-5-4-10-26-12/h1-2,4-6,9-10H,3,7-8,11H2,(H,18,24). The van der Waals surface area contributed by atoms with Crippen LogP contribution >= 0.6 is 11.3 Å². The summed E-state index contributed by atoms with van der Waals surface area (Å²) in [4.78, 5) is 17.3. The number of fused-ring (bicyclic) bond motifs is 1. The molecule has 0 fully saturated rings. The van der Waals surface area contributed by atoms with Crippen molar-refractivity contribution in [2.45, 2.75) is 25.8 Å². The predicted molar refractivity (Wildman–Crippen MR) is 95.4 cm³/mol. The minimum absolute atomic E-state index is 0.0457. The topological polar surface area (TPSA) is 98.2 Å². The molecule has 0 saturated carbocycles. The van der Waals surface area contributed by atoms with Crippen molar-refractivity contribution < 1.29 is 9.32 Å². The van der Waals surface area contributed by atoms with Crippen LogP contribution in [0.1, 0.15) is 24.6 Å². The molecular formula is C17H16N6O2S. The van der Waals surface area contributed by atoms with Gasteiger partial charge < -0.3 is 9.84 Å². The van der Waals surface area contributed by atoms with Crippen molar-refractivity contribution in [3.63, 3.8) is 0 Å². The summed E-state index contributed by atoms with van der Waals surface area (Å²) in [6.45, 7) is 0.340. The summed E-state index contributed by atoms with van der Waals surface area (Å²) in [6.07, 6.45) is 3.46. The molecule has 0 aliphatic rings. The van der Waals surface area contributed by atoms with E-state index in [0.29, 0.717) is 43.3 Å². The maximum atomic E-state index is 12.0. The molecule has 132 valence electrons. The number of rotatable bonds is 7. The third-order valence-corrected chi connectivity index (χ3v) is 4.70. The molecule has 4 heterocycles. The fourth-order valence-electron chi connectivity index (χ4n) is 2.54. The molecule has 4 aromatic heterocycles. The van der Waals surface area contributed by atoms with E-state index in [9.17, 15) is 4.79 Å². The van der Waals surface area contributed by atoms with Crippen LogP contribution < -0.4 is 5.32 Å². The van der Waals surface area contributed by atoms with Crippen LogP contribution in [0.15, 0.2) is 46.4 Å². The lowest BCUT2D eigenvalue weighted by molar-refractivity contribution is -0.121. The molecule has 4 rings (SSSR count). The van der Waals surface area contributed by atoms with Crippen LogP contribution in [-0.2, 0) is 17.8 Å². The Labute approximate surface area is 152 Å². The number of aromatic nitrogens is 5. The first-order chi connectivity index (χ1) is 12.8. The average molecular weight is 368 g/mol. The predicted octanol–water partition coefficient (Wildman–Crippen LogP) is 2.48. The van der Waals surface area contributed by atoms with Crippen molar-refractivity contribution in [1.29, 1.82) is 0 Å². The quantitative estimate of drug-likeness (QED) is 0.538. The molecule has 0 radical (unpaired) electrons. The molecule has 0 bridgehead atoms. The molecule has 0 aliphatic carbocycles. The van der Waals surface area contributed by atoms with Gasteiger partial charge in [0.1, 0.15) is 0 Å². The molecule has 1 amide bonds. The smallest absolute Gasteiger partial charge is 0.226 e. The van der Waals surface area contributed by atoms with Crippen molar-refractivity contribution in [3.8, 4) is 10.7 Å². The van der Waals surface area contributed by atoms with E-state index in [-0.39, 0.29) is 5.91 Å². The largest absolute Gasteiger partial charge is 0.349 e. The van der Waals surface area contributed by atoms with Crippen LogP contribution in [0.3, 0.4) is 0 Å². The fourth-order valence-corrected chi connectivity index (χ4v) is 3.19. The number of amides is 1. The lowest BCUT2D eigenvalue weighted by Gasteiger charge is -2.03. The summed E-state index contributed by atoms with van der Waals surface area (Å²) in [5.74, 6) is 1.80. The molecule has 9 heteroatoms. The number of carbonyl (C=O) groups excluding carboxylic acids is 1. The van der Waals surface area contributed by atoms with Crippen LogP contribution in [0, 0.1) is 0 Å². The number of hydrogen-bond donors (Lipinski definition) is 1. The van der Waals surface area contributed by atoms with Gasteiger partial charge in [0.15, 0.2) is 11.5 Å². The average Bonchev–Trinajstić information content (AvgIpc) is 3.40. The Bertz CT molecular complexity index is 1010. The van der Waals surface area contributed by atoms with Gasteiger partial charge in [0.2, 0.25) is 17.6 Å². The van der Waals surface area contributed by atoms with Gasteiger partial charge in [-0.25, -0.2) is 0 Å². The van der Waals surface area contributed by atoms with E-state index in [2.05, 4.69) is 25.7 Å². The molecule has 26 heavy (non-hydrogen) atoms. The molecule has 0 spiro atoms. The Morgan fingerprint density at radius 3 is 3.08 bits per heavy atom. The summed E-state index contributed by atoms with van der Waals surface area (Å²) in [7, 11) is 0. The maximum Gasteiger partial charge on any atom is 0.226 e. The lowest BCUT2D eigenvalue weighted by atomic mass is 10.2. The van der Waals surface area contributed by atoms with Gasteiger partial charge in [-0.2, -0.15) is 4.98 Å². The van der Waals surface area contributed by atoms with Crippen molar-refractivity contribution >= 4 is 22.9 Å². The highest BCUT2D eigenvalue weighted by Gasteiger charge is 2.11. The van der Waals surface area contributed by atoms with E-state index in [1.807, 2.05) is 46.3 Å². The van der Waals surface area contributed by atoms with Crippen LogP contribution in [0.4, 0.5) is 0 Å². The minimum atomic E-state index is -0.0457. The first kappa shape index (κ1) is 16.4. The Morgan fingerprint density at radius 1 is 1.23 bits per heavy atom. The number of aryl methyl sites for hydroxylation is 1. The summed E-state index contributed by atoms with van der Waals surface area (Å²) in [5.41, 5.74) is 0.759. The minimum Gasteiger partial charge on any atom is -0.349 e. The van der Waals surface area contributed by atoms with Crippen LogP contribution in [0.25, 0.3) is 16.3 Å². The van der Waals surface area contributed by atoms with E-state index < -0.39 is 0 Å². The maximum absolute atomic E-state index is 12.0. The third kappa shape index (κ3) is 3.62. The Morgan fingerprint density at radius 2 is 2.19 bits per heavy atom. The zero-order valence-electron chi connectivity index (χ0n) is 13.8. The fraction of sp³-hybridized carbons (Fsp3) is 0.235. The molecular weight excluding hydrogens is 352 g/mol. The van der Waals surface area contributed by atoms with Gasteiger partial charge in [-0.3, -0.25) is 9.20 Å². The van der Waals surface area contributed by atoms with Crippen LogP contribution in [-0.4, -0.2) is 30.6 Å². The van der Waals surface area contributed by atoms with E-state index in [1.54, 1.807) is 11.3 Å². The Hall–Kier alpha value is -3.07. The molecule has 8 nitrogen and oxygen atoms in total. The Kier molecular flexibility index (Phi) is 4.69. The summed E-state index contributed by atoms with van der Waals surface area (Å²) in [5, 5.41) is 16.9. The van der Waals surface area contributed by atoms with Gasteiger partial charge in [0.05, 0.1) is 11.4 Å². The second kappa shape index (κ2) is 7.44. The van der Waals surface area contributed by atoms with Gasteiger partial charge in [-0.15, -0.1) is 21.5 Å². The second-order valence-corrected chi connectivity index (χ2v) is 6.61. The van der Waals surface area contributed by atoms with Crippen molar-refractivity contribution in [1.82, 2.24) is 30.1 Å². The first-order valence-corrected chi connectivity index (χ1v) is 9.09. The summed E-state index contributed by atoms with van der Waals surface area (Å²) >= 11 is 1.56. The zero-order chi connectivity index (χ0) is 17.8. The van der Waals surface area contributed by atoms with E-state index in [4.69, 9.17) is 4.52 Å². The summed E-state index contributed by atoms with van der Waals surface area (Å²) in [6, 6.07) is 9.55. The van der Waals surface area contributed by atoms with Gasteiger partial charge >= 0.3 is 0 Å². The summed E-state index contributed by atoms with van der Waals surface area (Å²) < 4.78 is 7.08. The highest BCUT2D eigenvalue weighted by Crippen LogP contribution is 2.21. The van der Waals surface area contributed by atoms with Crippen molar-refractivity contribution in [3.05, 3.63) is 53.6 Å². The van der Waals surface area contributed by atoms with E-state index in [1.165, 1.54) is 0 Å². The van der Waals surface area contributed by atoms with Gasteiger partial charge in [0, 0.05) is 19.0 Å². The number of hydrogen-bond acceptors (Lipinski definition) is 7. The van der Waals surface area contributed by atoms with Gasteiger partial charge in [-0.1, -0.05) is 17.3 Å². The molecule has 0 atom stereocenters. The molecule has 0 aromatic carbocycles. The number of carbonyl (C=O) groups is 1. The van der Waals surface area contributed by atoms with Crippen LogP contribution in [0.2, 0.25) is 0 Å². The van der Waals surface area contributed by atoms with E-state index >= 15 is 0 Å². The molecule has 0 unspecified atom stereocenters. The second-order valence-electron chi connectivity index (χ2n) is 5.66. The van der Waals surface area contributed by atoms with Gasteiger partial charge in [0.25, 0.3) is 0 Å². The van der Waals surface area contributed by atoms with Crippen LogP contribution in [0.5, 0.6) is 0 Å². The molecule has 1 N–H and O–H groups in total. The first-order valence-electron chi connectivity index (χ1n) is 8.21. The molecule has 4 aromatic rings. The number of nitrogens with zero attached hydrogens (tertiary/aromatic N) is 5. The normalized spacial score (nSPS) is 11.1. The molecule has 0 saturated heterocycles. The SMILES string of the molecule is O=C(CCCc1nc(-c2cccs2)no1)NCc1nnc2ccccn12.